The highest BCUT2D eigenvalue weighted by molar-refractivity contribution is 5.88. The monoisotopic (exact) mass is 311 g/mol. The van der Waals surface area contributed by atoms with E-state index >= 15 is 0 Å². The first-order valence-corrected chi connectivity index (χ1v) is 7.12. The fourth-order valence-electron chi connectivity index (χ4n) is 2.26. The van der Waals surface area contributed by atoms with Crippen molar-refractivity contribution in [3.8, 4) is 16.9 Å². The molecule has 6 heteroatoms. The van der Waals surface area contributed by atoms with Crippen LogP contribution in [0.2, 0.25) is 0 Å². The minimum atomic E-state index is -1.19. The Bertz CT molecular complexity index is 857. The van der Waals surface area contributed by atoms with E-state index in [0.29, 0.717) is 11.4 Å². The summed E-state index contributed by atoms with van der Waals surface area (Å²) in [5.74, 6) is -1.83. The van der Waals surface area contributed by atoms with Gasteiger partial charge in [0.05, 0.1) is 17.4 Å². The molecule has 0 atom stereocenters. The van der Waals surface area contributed by atoms with Crippen LogP contribution in [-0.2, 0) is 6.42 Å². The van der Waals surface area contributed by atoms with Crippen molar-refractivity contribution in [2.75, 3.05) is 0 Å². The van der Waals surface area contributed by atoms with Crippen molar-refractivity contribution >= 4 is 5.97 Å². The number of halogens is 1. The van der Waals surface area contributed by atoms with Crippen molar-refractivity contribution < 1.29 is 14.3 Å². The van der Waals surface area contributed by atoms with Gasteiger partial charge in [-0.15, -0.1) is 5.10 Å². The van der Waals surface area contributed by atoms with Gasteiger partial charge in [-0.2, -0.15) is 0 Å². The normalized spacial score (nSPS) is 10.7. The van der Waals surface area contributed by atoms with E-state index in [1.807, 2.05) is 24.3 Å². The number of rotatable bonds is 4. The van der Waals surface area contributed by atoms with Crippen molar-refractivity contribution in [1.82, 2.24) is 15.0 Å². The fourth-order valence-corrected chi connectivity index (χ4v) is 2.26. The van der Waals surface area contributed by atoms with Crippen LogP contribution in [-0.4, -0.2) is 26.1 Å². The highest BCUT2D eigenvalue weighted by atomic mass is 19.1. The topological polar surface area (TPSA) is 68.0 Å². The van der Waals surface area contributed by atoms with E-state index in [0.717, 1.165) is 18.1 Å². The summed E-state index contributed by atoms with van der Waals surface area (Å²) in [6.45, 7) is 2.08. The van der Waals surface area contributed by atoms with E-state index in [2.05, 4.69) is 17.2 Å². The lowest BCUT2D eigenvalue weighted by molar-refractivity contribution is 0.0696. The molecule has 0 aliphatic heterocycles. The van der Waals surface area contributed by atoms with Gasteiger partial charge in [0, 0.05) is 5.56 Å². The van der Waals surface area contributed by atoms with Gasteiger partial charge in [-0.1, -0.05) is 36.4 Å². The van der Waals surface area contributed by atoms with Gasteiger partial charge in [-0.3, -0.25) is 0 Å². The number of carboxylic acids is 1. The van der Waals surface area contributed by atoms with Crippen molar-refractivity contribution in [2.45, 2.75) is 13.3 Å². The number of benzene rings is 2. The molecule has 2 aromatic carbocycles. The Hall–Kier alpha value is -3.02. The zero-order valence-electron chi connectivity index (χ0n) is 12.4. The highest BCUT2D eigenvalue weighted by Gasteiger charge is 2.11. The predicted octanol–water partition coefficient (Wildman–Crippen LogP) is 3.33. The average molecular weight is 311 g/mol. The third-order valence-electron chi connectivity index (χ3n) is 3.55. The standard InChI is InChI=1S/C17H14FN3O2/c1-2-11-3-5-12(6-4-11)16-10-21(20-19-16)15-8-13(17(22)23)7-14(18)9-15/h3-10H,2H2,1H3,(H,22,23). The molecule has 116 valence electrons. The number of hydrogen-bond donors (Lipinski definition) is 1. The predicted molar refractivity (Wildman–Crippen MR) is 83.1 cm³/mol. The second-order valence-corrected chi connectivity index (χ2v) is 5.10. The van der Waals surface area contributed by atoms with Crippen molar-refractivity contribution in [3.05, 3.63) is 65.6 Å². The molecule has 5 nitrogen and oxygen atoms in total. The molecule has 0 radical (unpaired) electrons. The molecule has 0 saturated carbocycles. The lowest BCUT2D eigenvalue weighted by atomic mass is 10.1. The first-order chi connectivity index (χ1) is 11.1. The van der Waals surface area contributed by atoms with Crippen LogP contribution in [0.4, 0.5) is 4.39 Å². The molecule has 0 fully saturated rings. The molecule has 0 aliphatic carbocycles. The van der Waals surface area contributed by atoms with E-state index in [1.54, 1.807) is 6.20 Å². The number of carboxylic acid groups (broad SMARTS) is 1. The summed E-state index contributed by atoms with van der Waals surface area (Å²) in [6, 6.07) is 11.4. The quantitative estimate of drug-likeness (QED) is 0.802. The van der Waals surface area contributed by atoms with Crippen molar-refractivity contribution in [1.29, 1.82) is 0 Å². The molecule has 0 aliphatic rings. The molecule has 0 unspecified atom stereocenters. The van der Waals surface area contributed by atoms with E-state index in [1.165, 1.54) is 22.4 Å². The van der Waals surface area contributed by atoms with E-state index in [9.17, 15) is 9.18 Å². The van der Waals surface area contributed by atoms with Gasteiger partial charge in [0.15, 0.2) is 0 Å². The number of aromatic carboxylic acids is 1. The number of aryl methyl sites for hydroxylation is 1. The van der Waals surface area contributed by atoms with Crippen molar-refractivity contribution in [3.63, 3.8) is 0 Å². The molecular weight excluding hydrogens is 297 g/mol. The summed E-state index contributed by atoms with van der Waals surface area (Å²) in [7, 11) is 0. The first-order valence-electron chi connectivity index (χ1n) is 7.12. The van der Waals surface area contributed by atoms with Crippen LogP contribution >= 0.6 is 0 Å². The minimum Gasteiger partial charge on any atom is -0.478 e. The van der Waals surface area contributed by atoms with Gasteiger partial charge in [0.2, 0.25) is 0 Å². The molecular formula is C17H14FN3O2. The van der Waals surface area contributed by atoms with Crippen LogP contribution in [0.3, 0.4) is 0 Å². The maximum absolute atomic E-state index is 13.6. The van der Waals surface area contributed by atoms with E-state index in [-0.39, 0.29) is 5.56 Å². The van der Waals surface area contributed by atoms with Gasteiger partial charge in [0.1, 0.15) is 11.5 Å². The minimum absolute atomic E-state index is 0.135. The highest BCUT2D eigenvalue weighted by Crippen LogP contribution is 2.20. The number of nitrogens with zero attached hydrogens (tertiary/aromatic N) is 3. The first kappa shape index (κ1) is 14.9. The molecule has 0 spiro atoms. The molecule has 0 saturated heterocycles. The van der Waals surface area contributed by atoms with Gasteiger partial charge >= 0.3 is 5.97 Å². The molecule has 3 rings (SSSR count). The molecule has 0 amide bonds. The van der Waals surface area contributed by atoms with E-state index in [4.69, 9.17) is 5.11 Å². The largest absolute Gasteiger partial charge is 0.478 e. The summed E-state index contributed by atoms with van der Waals surface area (Å²) in [5, 5.41) is 17.0. The second kappa shape index (κ2) is 6.00. The summed E-state index contributed by atoms with van der Waals surface area (Å²) < 4.78 is 14.9. The SMILES string of the molecule is CCc1ccc(-c2cn(-c3cc(F)cc(C(=O)O)c3)nn2)cc1. The Labute approximate surface area is 132 Å². The zero-order valence-corrected chi connectivity index (χ0v) is 12.4. The Kier molecular flexibility index (Phi) is 3.89. The van der Waals surface area contributed by atoms with E-state index < -0.39 is 11.8 Å². The third kappa shape index (κ3) is 3.11. The zero-order chi connectivity index (χ0) is 16.4. The van der Waals surface area contributed by atoms with Crippen LogP contribution in [0.25, 0.3) is 16.9 Å². The van der Waals surface area contributed by atoms with Crippen LogP contribution in [0.15, 0.2) is 48.7 Å². The summed E-state index contributed by atoms with van der Waals surface area (Å²) in [6.07, 6.45) is 2.59. The average Bonchev–Trinajstić information content (AvgIpc) is 3.04. The Morgan fingerprint density at radius 2 is 1.96 bits per heavy atom. The maximum Gasteiger partial charge on any atom is 0.335 e. The molecule has 1 heterocycles. The summed E-state index contributed by atoms with van der Waals surface area (Å²) in [5.41, 5.74) is 2.92. The number of aromatic nitrogens is 3. The van der Waals surface area contributed by atoms with Crippen LogP contribution < -0.4 is 0 Å². The molecule has 3 aromatic rings. The Morgan fingerprint density at radius 3 is 2.61 bits per heavy atom. The Balaban J connectivity index is 1.96. The maximum atomic E-state index is 13.6. The van der Waals surface area contributed by atoms with Gasteiger partial charge in [-0.05, 0) is 30.2 Å². The fraction of sp³-hybridized carbons (Fsp3) is 0.118. The number of hydrogen-bond acceptors (Lipinski definition) is 3. The second-order valence-electron chi connectivity index (χ2n) is 5.10. The lowest BCUT2D eigenvalue weighted by Gasteiger charge is -2.02. The van der Waals surface area contributed by atoms with Crippen LogP contribution in [0.5, 0.6) is 0 Å². The lowest BCUT2D eigenvalue weighted by Crippen LogP contribution is -2.02. The van der Waals surface area contributed by atoms with Gasteiger partial charge in [0.25, 0.3) is 0 Å². The summed E-state index contributed by atoms with van der Waals surface area (Å²) in [4.78, 5) is 11.0. The van der Waals surface area contributed by atoms with Gasteiger partial charge < -0.3 is 5.11 Å². The van der Waals surface area contributed by atoms with Gasteiger partial charge in [-0.25, -0.2) is 13.9 Å². The number of carbonyl (C=O) groups is 1. The van der Waals surface area contributed by atoms with Crippen LogP contribution in [0, 0.1) is 5.82 Å². The summed E-state index contributed by atoms with van der Waals surface area (Å²) >= 11 is 0. The van der Waals surface area contributed by atoms with Crippen LogP contribution in [0.1, 0.15) is 22.8 Å². The smallest absolute Gasteiger partial charge is 0.335 e. The third-order valence-corrected chi connectivity index (χ3v) is 3.55. The molecule has 0 bridgehead atoms. The molecule has 1 N–H and O–H groups in total. The Morgan fingerprint density at radius 1 is 1.22 bits per heavy atom. The van der Waals surface area contributed by atoms with Crippen molar-refractivity contribution in [2.24, 2.45) is 0 Å². The molecule has 23 heavy (non-hydrogen) atoms. The molecule has 1 aromatic heterocycles.